The molecule has 84 valence electrons. The molecule has 0 fully saturated rings. The number of hydrogen-bond donors (Lipinski definition) is 0. The molecule has 0 atom stereocenters. The molecule has 0 spiro atoms. The van der Waals surface area contributed by atoms with E-state index in [1.165, 1.54) is 7.22 Å². The van der Waals surface area contributed by atoms with E-state index in [-0.39, 0.29) is 43.9 Å². The molecule has 0 radical (unpaired) electrons. The van der Waals surface area contributed by atoms with E-state index in [1.807, 2.05) is 24.3 Å². The van der Waals surface area contributed by atoms with Gasteiger partial charge >= 0.3 is 124 Å². The van der Waals surface area contributed by atoms with Gasteiger partial charge in [0.15, 0.2) is 0 Å². The van der Waals surface area contributed by atoms with Gasteiger partial charge in [0.2, 0.25) is 0 Å². The van der Waals surface area contributed by atoms with Gasteiger partial charge < -0.3 is 0 Å². The van der Waals surface area contributed by atoms with Gasteiger partial charge in [0.25, 0.3) is 0 Å². The Morgan fingerprint density at radius 2 is 1.00 bits per heavy atom. The van der Waals surface area contributed by atoms with Crippen LogP contribution >= 0.6 is 0 Å². The van der Waals surface area contributed by atoms with Crippen LogP contribution in [0.4, 0.5) is 8.78 Å². The molecule has 2 rings (SSSR count). The van der Waals surface area contributed by atoms with Crippen LogP contribution in [0, 0.1) is 11.6 Å². The summed E-state index contributed by atoms with van der Waals surface area (Å²) in [4.78, 5) is 0. The first-order valence-corrected chi connectivity index (χ1v) is 32.7. The summed E-state index contributed by atoms with van der Waals surface area (Å²) in [6, 6.07) is 14.0. The van der Waals surface area contributed by atoms with Crippen LogP contribution < -0.4 is 7.22 Å². The van der Waals surface area contributed by atoms with Crippen LogP contribution in [-0.4, -0.2) is 32.3 Å². The van der Waals surface area contributed by atoms with Crippen LogP contribution in [0.2, 0.25) is 0 Å². The molecule has 0 aromatic heterocycles. The Hall–Kier alpha value is 0.801. The van der Waals surface area contributed by atoms with Crippen molar-refractivity contribution in [1.29, 1.82) is 0 Å². The normalized spacial score (nSPS) is 10.0. The van der Waals surface area contributed by atoms with Crippen molar-refractivity contribution in [1.82, 2.24) is 0 Å². The summed E-state index contributed by atoms with van der Waals surface area (Å²) in [5, 5.41) is 0. The first kappa shape index (κ1) is 14.2. The SMILES string of the molecule is Fc1ccc([Te][Cd][Te]c2ccc(F)cc2)cc1. The van der Waals surface area contributed by atoms with Crippen molar-refractivity contribution in [2.45, 2.75) is 0 Å². The van der Waals surface area contributed by atoms with Crippen molar-refractivity contribution in [3.05, 3.63) is 60.2 Å². The second-order valence-corrected chi connectivity index (χ2v) is 54.2. The zero-order valence-corrected chi connectivity index (χ0v) is 17.6. The summed E-state index contributed by atoms with van der Waals surface area (Å²) >= 11 is -0.615. The molecular formula is C12H8CdF2Te2. The Kier molecular flexibility index (Phi) is 6.19. The van der Waals surface area contributed by atoms with Crippen molar-refractivity contribution in [3.63, 3.8) is 0 Å². The van der Waals surface area contributed by atoms with E-state index in [4.69, 9.17) is 0 Å². The van der Waals surface area contributed by atoms with Gasteiger partial charge in [0.05, 0.1) is 0 Å². The summed E-state index contributed by atoms with van der Waals surface area (Å²) in [7, 11) is 0. The first-order chi connectivity index (χ1) is 8.24. The van der Waals surface area contributed by atoms with E-state index in [2.05, 4.69) is 0 Å². The number of rotatable bonds is 4. The zero-order valence-electron chi connectivity index (χ0n) is 8.90. The number of halogens is 2. The first-order valence-electron chi connectivity index (χ1n) is 5.01. The van der Waals surface area contributed by atoms with Gasteiger partial charge in [-0.15, -0.1) is 0 Å². The predicted molar refractivity (Wildman–Crippen MR) is 63.6 cm³/mol. The Morgan fingerprint density at radius 3 is 1.35 bits per heavy atom. The fourth-order valence-corrected chi connectivity index (χ4v) is 60.3. The quantitative estimate of drug-likeness (QED) is 0.497. The molecule has 2 aromatic rings. The molecule has 0 unspecified atom stereocenters. The summed E-state index contributed by atoms with van der Waals surface area (Å²) in [6.45, 7) is 0. The monoisotopic (exact) mass is 564 g/mol. The fraction of sp³-hybridized carbons (Fsp3) is 0. The average molecular weight is 558 g/mol. The molecule has 0 saturated carbocycles. The van der Waals surface area contributed by atoms with E-state index in [0.717, 1.165) is 0 Å². The third-order valence-corrected chi connectivity index (χ3v) is 53.8. The van der Waals surface area contributed by atoms with Crippen molar-refractivity contribution in [3.8, 4) is 0 Å². The maximum atomic E-state index is 12.7. The predicted octanol–water partition coefficient (Wildman–Crippen LogP) is 1.24. The second-order valence-electron chi connectivity index (χ2n) is 3.31. The summed E-state index contributed by atoms with van der Waals surface area (Å²) in [5.41, 5.74) is 0. The maximum absolute atomic E-state index is 12.7. The minimum atomic E-state index is -0.629. The molecule has 0 aliphatic carbocycles. The topological polar surface area (TPSA) is 0 Å². The van der Waals surface area contributed by atoms with Crippen LogP contribution in [0.3, 0.4) is 0 Å². The van der Waals surface area contributed by atoms with E-state index in [1.54, 1.807) is 24.3 Å². The van der Waals surface area contributed by atoms with Crippen LogP contribution in [-0.2, 0) is 15.8 Å². The zero-order chi connectivity index (χ0) is 12.1. The molecule has 0 heterocycles. The minimum absolute atomic E-state index is 0.00682. The van der Waals surface area contributed by atoms with Gasteiger partial charge in [-0.05, 0) is 0 Å². The van der Waals surface area contributed by atoms with Gasteiger partial charge in [-0.25, -0.2) is 0 Å². The summed E-state index contributed by atoms with van der Waals surface area (Å²) in [6.07, 6.45) is 0. The molecular weight excluding hydrogens is 550 g/mol. The van der Waals surface area contributed by atoms with Crippen molar-refractivity contribution in [2.24, 2.45) is 0 Å². The Labute approximate surface area is 122 Å². The van der Waals surface area contributed by atoms with Gasteiger partial charge in [0, 0.05) is 0 Å². The van der Waals surface area contributed by atoms with E-state index >= 15 is 0 Å². The van der Waals surface area contributed by atoms with Crippen molar-refractivity contribution < 1.29 is 24.6 Å². The molecule has 0 amide bonds. The van der Waals surface area contributed by atoms with Gasteiger partial charge in [0.1, 0.15) is 0 Å². The molecule has 0 aliphatic heterocycles. The van der Waals surface area contributed by atoms with E-state index in [9.17, 15) is 8.78 Å². The van der Waals surface area contributed by atoms with Crippen LogP contribution in [0.1, 0.15) is 0 Å². The molecule has 0 aliphatic rings. The molecule has 0 saturated heterocycles. The Balaban J connectivity index is 1.83. The Morgan fingerprint density at radius 1 is 0.647 bits per heavy atom. The molecule has 0 bridgehead atoms. The van der Waals surface area contributed by atoms with Gasteiger partial charge in [-0.3, -0.25) is 0 Å². The second kappa shape index (κ2) is 7.41. The van der Waals surface area contributed by atoms with E-state index < -0.39 is 15.8 Å². The summed E-state index contributed by atoms with van der Waals surface area (Å²) < 4.78 is 28.2. The fourth-order valence-electron chi connectivity index (χ4n) is 1.23. The number of hydrogen-bond acceptors (Lipinski definition) is 0. The van der Waals surface area contributed by atoms with Crippen LogP contribution in [0.15, 0.2) is 48.5 Å². The molecule has 2 aromatic carbocycles. The van der Waals surface area contributed by atoms with Gasteiger partial charge in [-0.1, -0.05) is 0 Å². The van der Waals surface area contributed by atoms with Crippen LogP contribution in [0.5, 0.6) is 0 Å². The van der Waals surface area contributed by atoms with Gasteiger partial charge in [-0.2, -0.15) is 0 Å². The van der Waals surface area contributed by atoms with Crippen molar-refractivity contribution in [2.75, 3.05) is 0 Å². The molecule has 0 N–H and O–H groups in total. The van der Waals surface area contributed by atoms with Crippen LogP contribution in [0.25, 0.3) is 0 Å². The van der Waals surface area contributed by atoms with E-state index in [0.29, 0.717) is 0 Å². The molecule has 17 heavy (non-hydrogen) atoms. The third kappa shape index (κ3) is 5.12. The number of benzene rings is 2. The standard InChI is InChI=1S/2C6H5FTe.Cd/c2*7-5-1-3-6(8)4-2-5;/h2*1-4,8H;/q;;+2/p-2. The molecule has 0 nitrogen and oxygen atoms in total. The summed E-state index contributed by atoms with van der Waals surface area (Å²) in [5.74, 6) is -0.294. The van der Waals surface area contributed by atoms with Crippen molar-refractivity contribution >= 4 is 39.5 Å². The molecule has 5 heteroatoms. The third-order valence-electron chi connectivity index (χ3n) is 2.08. The average Bonchev–Trinajstić information content (AvgIpc) is 2.34. The Bertz CT molecular complexity index is 425.